The number of hydrogen-bond acceptors (Lipinski definition) is 6. The Balaban J connectivity index is 1.53. The van der Waals surface area contributed by atoms with Crippen LogP contribution < -0.4 is 10.1 Å². The number of carbonyl (C=O) groups excluding carboxylic acids is 1. The van der Waals surface area contributed by atoms with Gasteiger partial charge >= 0.3 is 5.85 Å². The molecule has 2 atom stereocenters. The van der Waals surface area contributed by atoms with Crippen LogP contribution >= 0.6 is 11.8 Å². The van der Waals surface area contributed by atoms with Crippen LogP contribution in [0.2, 0.25) is 0 Å². The van der Waals surface area contributed by atoms with Gasteiger partial charge in [0.15, 0.2) is 0 Å². The van der Waals surface area contributed by atoms with Gasteiger partial charge in [-0.25, -0.2) is 5.01 Å². The number of benzene rings is 3. The van der Waals surface area contributed by atoms with Crippen molar-refractivity contribution in [1.29, 1.82) is 0 Å². The van der Waals surface area contributed by atoms with Crippen LogP contribution in [-0.4, -0.2) is 26.9 Å². The molecule has 1 amide bonds. The molecule has 1 fully saturated rings. The van der Waals surface area contributed by atoms with Gasteiger partial charge in [0.05, 0.1) is 16.7 Å². The van der Waals surface area contributed by atoms with E-state index in [-0.39, 0.29) is 17.0 Å². The third-order valence-corrected chi connectivity index (χ3v) is 6.81. The molecule has 1 spiro atoms. The van der Waals surface area contributed by atoms with Crippen LogP contribution in [0.1, 0.15) is 29.2 Å². The van der Waals surface area contributed by atoms with E-state index in [2.05, 4.69) is 5.32 Å². The summed E-state index contributed by atoms with van der Waals surface area (Å²) in [4.78, 5) is 13.3. The maximum absolute atomic E-state index is 12.6. The van der Waals surface area contributed by atoms with Gasteiger partial charge in [-0.05, 0) is 35.5 Å². The third kappa shape index (κ3) is 2.89. The maximum Gasteiger partial charge on any atom is 0.314 e. The van der Waals surface area contributed by atoms with Gasteiger partial charge in [0, 0.05) is 17.5 Å². The molecule has 158 valence electrons. The molecular weight excluding hydrogens is 422 g/mol. The number of carbonyl (C=O) groups is 1. The van der Waals surface area contributed by atoms with E-state index >= 15 is 0 Å². The second-order valence-electron chi connectivity index (χ2n) is 7.84. The largest absolute Gasteiger partial charge is 0.507 e. The number of ether oxygens (including phenoxy) is 1. The molecule has 3 aliphatic heterocycles. The fourth-order valence-corrected chi connectivity index (χ4v) is 5.32. The first-order valence-electron chi connectivity index (χ1n) is 10.3. The second-order valence-corrected chi connectivity index (χ2v) is 8.86. The van der Waals surface area contributed by atoms with E-state index in [1.165, 1.54) is 0 Å². The summed E-state index contributed by atoms with van der Waals surface area (Å²) in [5.74, 6) is -0.429. The van der Waals surface area contributed by atoms with Crippen LogP contribution in [0, 0.1) is 0 Å². The first kappa shape index (κ1) is 19.0. The summed E-state index contributed by atoms with van der Waals surface area (Å²) < 4.78 is 6.49. The number of thioether (sulfide) groups is 1. The van der Waals surface area contributed by atoms with Crippen molar-refractivity contribution >= 4 is 28.8 Å². The Morgan fingerprint density at radius 1 is 1.06 bits per heavy atom. The van der Waals surface area contributed by atoms with Crippen molar-refractivity contribution in [2.24, 2.45) is 5.10 Å². The van der Waals surface area contributed by atoms with E-state index in [1.54, 1.807) is 24.3 Å². The topological polar surface area (TPSA) is 74.2 Å². The molecule has 32 heavy (non-hydrogen) atoms. The van der Waals surface area contributed by atoms with Crippen LogP contribution in [0.3, 0.4) is 0 Å². The van der Waals surface area contributed by atoms with Gasteiger partial charge in [-0.2, -0.15) is 5.10 Å². The fourth-order valence-electron chi connectivity index (χ4n) is 4.42. The molecule has 3 heterocycles. The predicted octanol–water partition coefficient (Wildman–Crippen LogP) is 5.09. The Labute approximate surface area is 189 Å². The van der Waals surface area contributed by atoms with Gasteiger partial charge in [0.1, 0.15) is 11.5 Å². The van der Waals surface area contributed by atoms with Gasteiger partial charge in [-0.3, -0.25) is 10.1 Å². The molecule has 3 aromatic carbocycles. The fraction of sp³-hybridized carbons (Fsp3) is 0.120. The van der Waals surface area contributed by atoms with E-state index in [4.69, 9.17) is 9.84 Å². The minimum Gasteiger partial charge on any atom is -0.507 e. The number of hydrogen-bond donors (Lipinski definition) is 2. The zero-order valence-corrected chi connectivity index (χ0v) is 17.8. The van der Waals surface area contributed by atoms with Crippen LogP contribution in [0.5, 0.6) is 11.5 Å². The highest BCUT2D eigenvalue weighted by atomic mass is 32.2. The standard InChI is InChI=1S/C25H19N3O3S/c29-21-12-6-4-10-17(21)14-23-25(26-24(30)32-23)28-20(18-11-5-7-13-22(18)31-25)15-19(27-28)16-8-2-1-3-9-16/h1-14,20,29H,15H2,(H,26,30)/b23-14-/t20-,25-/m1/s1. The van der Waals surface area contributed by atoms with Crippen LogP contribution in [-0.2, 0) is 0 Å². The van der Waals surface area contributed by atoms with Gasteiger partial charge < -0.3 is 9.84 Å². The van der Waals surface area contributed by atoms with Crippen LogP contribution in [0.4, 0.5) is 4.79 Å². The second kappa shape index (κ2) is 7.17. The monoisotopic (exact) mass is 441 g/mol. The number of para-hydroxylation sites is 2. The number of aromatic hydroxyl groups is 1. The molecule has 0 aliphatic carbocycles. The molecule has 0 radical (unpaired) electrons. The highest BCUT2D eigenvalue weighted by Crippen LogP contribution is 2.52. The summed E-state index contributed by atoms with van der Waals surface area (Å²) >= 11 is 1.06. The molecule has 1 saturated heterocycles. The Bertz CT molecular complexity index is 1290. The Hall–Kier alpha value is -3.71. The van der Waals surface area contributed by atoms with Crippen molar-refractivity contribution in [3.63, 3.8) is 0 Å². The quantitative estimate of drug-likeness (QED) is 0.580. The zero-order chi connectivity index (χ0) is 21.7. The van der Waals surface area contributed by atoms with Crippen molar-refractivity contribution in [3.05, 3.63) is 100 Å². The Morgan fingerprint density at radius 2 is 1.81 bits per heavy atom. The number of phenolic OH excluding ortho intramolecular Hbond substituents is 1. The van der Waals surface area contributed by atoms with Crippen molar-refractivity contribution in [2.45, 2.75) is 18.3 Å². The summed E-state index contributed by atoms with van der Waals surface area (Å²) in [5.41, 5.74) is 3.61. The molecule has 0 aromatic heterocycles. The van der Waals surface area contributed by atoms with E-state index in [1.807, 2.05) is 65.7 Å². The highest BCUT2D eigenvalue weighted by molar-refractivity contribution is 8.17. The normalized spacial score (nSPS) is 24.7. The van der Waals surface area contributed by atoms with E-state index in [9.17, 15) is 9.90 Å². The number of amides is 1. The van der Waals surface area contributed by atoms with Crippen LogP contribution in [0.25, 0.3) is 6.08 Å². The SMILES string of the molecule is O=C1N[C@]2(Oc3ccccc3[C@H]3CC(c4ccccc4)=NN32)/C(=C/c2ccccc2O)S1. The minimum atomic E-state index is -1.28. The number of nitrogens with one attached hydrogen (secondary N) is 1. The van der Waals surface area contributed by atoms with Gasteiger partial charge in [-0.15, -0.1) is 0 Å². The lowest BCUT2D eigenvalue weighted by atomic mass is 9.95. The van der Waals surface area contributed by atoms with E-state index in [0.717, 1.165) is 28.6 Å². The number of fused-ring (bicyclic) bond motifs is 4. The van der Waals surface area contributed by atoms with Gasteiger partial charge in [-0.1, -0.05) is 66.7 Å². The van der Waals surface area contributed by atoms with Gasteiger partial charge in [0.25, 0.3) is 5.24 Å². The molecule has 6 rings (SSSR count). The summed E-state index contributed by atoms with van der Waals surface area (Å²) in [7, 11) is 0. The number of phenols is 1. The third-order valence-electron chi connectivity index (χ3n) is 5.91. The zero-order valence-electron chi connectivity index (χ0n) is 16.9. The summed E-state index contributed by atoms with van der Waals surface area (Å²) in [5, 5.41) is 19.9. The molecular formula is C25H19N3O3S. The molecule has 7 heteroatoms. The number of rotatable bonds is 2. The van der Waals surface area contributed by atoms with Crippen molar-refractivity contribution in [2.75, 3.05) is 0 Å². The lowest BCUT2D eigenvalue weighted by molar-refractivity contribution is -0.0949. The smallest absolute Gasteiger partial charge is 0.314 e. The van der Waals surface area contributed by atoms with Crippen molar-refractivity contribution in [3.8, 4) is 11.5 Å². The van der Waals surface area contributed by atoms with Crippen LogP contribution in [0.15, 0.2) is 88.9 Å². The maximum atomic E-state index is 12.6. The van der Waals surface area contributed by atoms with Crippen molar-refractivity contribution < 1.29 is 14.6 Å². The Morgan fingerprint density at radius 3 is 2.66 bits per heavy atom. The highest BCUT2D eigenvalue weighted by Gasteiger charge is 2.58. The molecule has 0 unspecified atom stereocenters. The van der Waals surface area contributed by atoms with E-state index in [0.29, 0.717) is 22.6 Å². The predicted molar refractivity (Wildman–Crippen MR) is 124 cm³/mol. The first-order valence-corrected chi connectivity index (χ1v) is 11.2. The average molecular weight is 442 g/mol. The number of nitrogens with zero attached hydrogens (tertiary/aromatic N) is 2. The lowest BCUT2D eigenvalue weighted by Gasteiger charge is -2.45. The number of hydrazone groups is 1. The summed E-state index contributed by atoms with van der Waals surface area (Å²) in [6, 6.07) is 24.8. The summed E-state index contributed by atoms with van der Waals surface area (Å²) in [6.45, 7) is 0. The molecule has 3 aromatic rings. The average Bonchev–Trinajstić information content (AvgIpc) is 3.39. The minimum absolute atomic E-state index is 0.0954. The lowest BCUT2D eigenvalue weighted by Crippen LogP contribution is -2.61. The first-order chi connectivity index (χ1) is 15.6. The molecule has 2 N–H and O–H groups in total. The molecule has 3 aliphatic rings. The molecule has 6 nitrogen and oxygen atoms in total. The van der Waals surface area contributed by atoms with Gasteiger partial charge in [0.2, 0.25) is 0 Å². The molecule has 0 bridgehead atoms. The van der Waals surface area contributed by atoms with E-state index < -0.39 is 5.85 Å². The molecule has 0 saturated carbocycles. The van der Waals surface area contributed by atoms with Crippen molar-refractivity contribution in [1.82, 2.24) is 10.3 Å². The Kier molecular flexibility index (Phi) is 4.26. The summed E-state index contributed by atoms with van der Waals surface area (Å²) in [6.07, 6.45) is 2.48.